The van der Waals surface area contributed by atoms with E-state index >= 15 is 0 Å². The summed E-state index contributed by atoms with van der Waals surface area (Å²) >= 11 is 0. The summed E-state index contributed by atoms with van der Waals surface area (Å²) in [5, 5.41) is 2.54. The van der Waals surface area contributed by atoms with Gasteiger partial charge in [0.25, 0.3) is 0 Å². The van der Waals surface area contributed by atoms with Gasteiger partial charge >= 0.3 is 0 Å². The Morgan fingerprint density at radius 2 is 0.808 bits per heavy atom. The average molecular weight is 933 g/mol. The molecule has 1 aliphatic heterocycles. The average Bonchev–Trinajstić information content (AvgIpc) is 3.97. The van der Waals surface area contributed by atoms with E-state index in [1.807, 2.05) is 0 Å². The first-order valence-electron chi connectivity index (χ1n) is 25.8. The molecular formula is C71H52N2. The van der Waals surface area contributed by atoms with Crippen molar-refractivity contribution < 1.29 is 0 Å². The molecule has 2 nitrogen and oxygen atoms in total. The number of hydrogen-bond donors (Lipinski definition) is 0. The molecule has 11 aromatic carbocycles. The molecule has 3 aliphatic carbocycles. The molecule has 73 heavy (non-hydrogen) atoms. The topological polar surface area (TPSA) is 6.48 Å². The van der Waals surface area contributed by atoms with Crippen molar-refractivity contribution in [1.82, 2.24) is 0 Å². The Labute approximate surface area is 428 Å². The van der Waals surface area contributed by atoms with Crippen LogP contribution in [-0.4, -0.2) is 0 Å². The first-order valence-corrected chi connectivity index (χ1v) is 25.8. The maximum Gasteiger partial charge on any atom is 0.0755 e. The van der Waals surface area contributed by atoms with Crippen LogP contribution in [0.1, 0.15) is 72.2 Å². The van der Waals surface area contributed by atoms with Crippen LogP contribution in [0.5, 0.6) is 0 Å². The molecular weight excluding hydrogens is 881 g/mol. The highest BCUT2D eigenvalue weighted by atomic mass is 15.2. The highest BCUT2D eigenvalue weighted by Crippen LogP contribution is 2.66. The molecule has 0 amide bonds. The summed E-state index contributed by atoms with van der Waals surface area (Å²) in [6, 6.07) is 91.6. The summed E-state index contributed by atoms with van der Waals surface area (Å²) in [7, 11) is 0. The smallest absolute Gasteiger partial charge is 0.0755 e. The highest BCUT2D eigenvalue weighted by molar-refractivity contribution is 6.03. The fraction of sp³-hybridized carbons (Fsp3) is 0.0986. The first-order chi connectivity index (χ1) is 35.7. The Morgan fingerprint density at radius 3 is 1.51 bits per heavy atom. The van der Waals surface area contributed by atoms with Gasteiger partial charge in [0.15, 0.2) is 0 Å². The predicted octanol–water partition coefficient (Wildman–Crippen LogP) is 18.7. The number of para-hydroxylation sites is 3. The molecule has 0 atom stereocenters. The van der Waals surface area contributed by atoms with Crippen LogP contribution in [-0.2, 0) is 16.2 Å². The van der Waals surface area contributed by atoms with E-state index in [4.69, 9.17) is 0 Å². The highest BCUT2D eigenvalue weighted by Gasteiger charge is 2.52. The molecule has 0 unspecified atom stereocenters. The number of fused-ring (bicyclic) bond motifs is 16. The zero-order valence-electron chi connectivity index (χ0n) is 41.5. The third-order valence-corrected chi connectivity index (χ3v) is 17.2. The van der Waals surface area contributed by atoms with E-state index in [1.165, 1.54) is 117 Å². The molecule has 2 heteroatoms. The minimum absolute atomic E-state index is 0.174. The van der Waals surface area contributed by atoms with Crippen molar-refractivity contribution in [3.05, 3.63) is 287 Å². The van der Waals surface area contributed by atoms with Crippen LogP contribution in [0.4, 0.5) is 34.1 Å². The molecule has 11 aromatic rings. The van der Waals surface area contributed by atoms with Gasteiger partial charge in [-0.15, -0.1) is 0 Å². The van der Waals surface area contributed by atoms with E-state index in [9.17, 15) is 0 Å². The minimum Gasteiger partial charge on any atom is -0.310 e. The van der Waals surface area contributed by atoms with Crippen LogP contribution in [0.2, 0.25) is 0 Å². The molecule has 0 radical (unpaired) electrons. The molecule has 346 valence electrons. The summed E-state index contributed by atoms with van der Waals surface area (Å²) in [5.41, 5.74) is 26.9. The van der Waals surface area contributed by atoms with E-state index in [2.05, 4.69) is 280 Å². The van der Waals surface area contributed by atoms with Crippen LogP contribution in [0.15, 0.2) is 243 Å². The second kappa shape index (κ2) is 15.2. The Morgan fingerprint density at radius 1 is 0.329 bits per heavy atom. The van der Waals surface area contributed by atoms with Crippen molar-refractivity contribution in [1.29, 1.82) is 0 Å². The maximum absolute atomic E-state index is 2.59. The first kappa shape index (κ1) is 42.0. The molecule has 0 saturated carbocycles. The van der Waals surface area contributed by atoms with Gasteiger partial charge in [0.2, 0.25) is 0 Å². The van der Waals surface area contributed by atoms with Crippen molar-refractivity contribution in [2.75, 3.05) is 9.80 Å². The SMILES string of the molecule is CC1(C)c2ccccc2-c2ccc(N(c3ccc4c(c3)C(C)(C)c3cc(-c5cccc6ccccc56)ccc3-4)c3cccc4c3-c3ccccc3C43c4ccccc4N(c4ccccc4)c4ccccc43)cc21. The Hall–Kier alpha value is -8.72. The molecule has 0 N–H and O–H groups in total. The summed E-state index contributed by atoms with van der Waals surface area (Å²) < 4.78 is 0. The summed E-state index contributed by atoms with van der Waals surface area (Å²) in [6.07, 6.45) is 0. The largest absolute Gasteiger partial charge is 0.310 e. The van der Waals surface area contributed by atoms with Crippen molar-refractivity contribution in [2.24, 2.45) is 0 Å². The van der Waals surface area contributed by atoms with E-state index in [-0.39, 0.29) is 10.8 Å². The van der Waals surface area contributed by atoms with Crippen molar-refractivity contribution >= 4 is 44.9 Å². The van der Waals surface area contributed by atoms with Crippen LogP contribution in [0.3, 0.4) is 0 Å². The van der Waals surface area contributed by atoms with Gasteiger partial charge in [0.05, 0.1) is 22.5 Å². The fourth-order valence-corrected chi connectivity index (χ4v) is 13.9. The van der Waals surface area contributed by atoms with Crippen LogP contribution >= 0.6 is 0 Å². The van der Waals surface area contributed by atoms with Crippen molar-refractivity contribution in [3.8, 4) is 44.5 Å². The zero-order valence-corrected chi connectivity index (χ0v) is 41.5. The second-order valence-electron chi connectivity index (χ2n) is 21.6. The van der Waals surface area contributed by atoms with E-state index in [0.717, 1.165) is 17.1 Å². The molecule has 0 saturated heterocycles. The maximum atomic E-state index is 2.59. The molecule has 0 bridgehead atoms. The number of nitrogens with zero attached hydrogens (tertiary/aromatic N) is 2. The normalized spacial score (nSPS) is 15.2. The third kappa shape index (κ3) is 5.64. The number of hydrogen-bond acceptors (Lipinski definition) is 2. The van der Waals surface area contributed by atoms with E-state index < -0.39 is 5.41 Å². The minimum atomic E-state index is -0.586. The summed E-state index contributed by atoms with van der Waals surface area (Å²) in [4.78, 5) is 5.05. The van der Waals surface area contributed by atoms with Crippen molar-refractivity contribution in [2.45, 2.75) is 43.9 Å². The summed E-state index contributed by atoms with van der Waals surface area (Å²) in [6.45, 7) is 9.63. The van der Waals surface area contributed by atoms with E-state index in [0.29, 0.717) is 0 Å². The molecule has 4 aliphatic rings. The van der Waals surface area contributed by atoms with Gasteiger partial charge in [0, 0.05) is 33.5 Å². The Kier molecular flexibility index (Phi) is 8.72. The monoisotopic (exact) mass is 932 g/mol. The lowest BCUT2D eigenvalue weighted by atomic mass is 9.64. The van der Waals surface area contributed by atoms with Gasteiger partial charge in [-0.05, 0) is 155 Å². The molecule has 1 spiro atoms. The lowest BCUT2D eigenvalue weighted by Crippen LogP contribution is -2.36. The second-order valence-corrected chi connectivity index (χ2v) is 21.6. The van der Waals surface area contributed by atoms with Crippen LogP contribution < -0.4 is 9.80 Å². The van der Waals surface area contributed by atoms with Gasteiger partial charge in [-0.3, -0.25) is 0 Å². The summed E-state index contributed by atoms with van der Waals surface area (Å²) in [5.74, 6) is 0. The molecule has 1 heterocycles. The number of anilines is 6. The van der Waals surface area contributed by atoms with Gasteiger partial charge < -0.3 is 9.80 Å². The van der Waals surface area contributed by atoms with E-state index in [1.54, 1.807) is 0 Å². The Balaban J connectivity index is 0.966. The third-order valence-electron chi connectivity index (χ3n) is 17.2. The number of rotatable bonds is 5. The zero-order chi connectivity index (χ0) is 48.8. The van der Waals surface area contributed by atoms with Crippen LogP contribution in [0, 0.1) is 0 Å². The van der Waals surface area contributed by atoms with Gasteiger partial charge in [-0.2, -0.15) is 0 Å². The lowest BCUT2D eigenvalue weighted by molar-refractivity contribution is 0.660. The predicted molar refractivity (Wildman–Crippen MR) is 305 cm³/mol. The van der Waals surface area contributed by atoms with Gasteiger partial charge in [0.1, 0.15) is 0 Å². The quantitative estimate of drug-likeness (QED) is 0.170. The molecule has 0 aromatic heterocycles. The molecule has 0 fully saturated rings. The number of benzene rings is 11. The van der Waals surface area contributed by atoms with Gasteiger partial charge in [-0.25, -0.2) is 0 Å². The van der Waals surface area contributed by atoms with Crippen molar-refractivity contribution in [3.63, 3.8) is 0 Å². The fourth-order valence-electron chi connectivity index (χ4n) is 13.9. The Bertz CT molecular complexity index is 4060. The molecule has 15 rings (SSSR count). The van der Waals surface area contributed by atoms with Gasteiger partial charge in [-0.1, -0.05) is 210 Å². The lowest BCUT2D eigenvalue weighted by Gasteiger charge is -2.45. The standard InChI is InChI=1S/C71H52N2/c1-69(2)57-28-12-10-25-52(57)54-40-37-48(43-63(54)69)72(49-38-41-55-53-39-36-46(42-62(53)70(3,4)64(55)44-49)51-27-18-21-45-20-8-9-24-50(45)51)67-35-19-32-61-68(67)56-26-11-13-29-58(56)71(61)59-30-14-16-33-65(59)73(47-22-6-5-7-23-47)66-34-17-15-31-60(66)71/h5-44H,1-4H3. The van der Waals surface area contributed by atoms with Crippen LogP contribution in [0.25, 0.3) is 55.3 Å².